The Morgan fingerprint density at radius 1 is 1.17 bits per heavy atom. The molecule has 2 saturated heterocycles. The maximum atomic E-state index is 4.93. The molecule has 140 valence electrons. The normalized spacial score (nSPS) is 24.6. The van der Waals surface area contributed by atoms with Gasteiger partial charge in [-0.1, -0.05) is 13.8 Å². The molecule has 0 bridgehead atoms. The molecule has 0 aliphatic carbocycles. The average Bonchev–Trinajstić information content (AvgIpc) is 2.88. The zero-order valence-corrected chi connectivity index (χ0v) is 16.4. The van der Waals surface area contributed by atoms with Gasteiger partial charge in [0.25, 0.3) is 0 Å². The predicted octanol–water partition coefficient (Wildman–Crippen LogP) is 1.96. The Bertz CT molecular complexity index is 382. The molecule has 24 heavy (non-hydrogen) atoms. The smallest absolute Gasteiger partial charge is 0.193 e. The molecule has 2 fully saturated rings. The van der Waals surface area contributed by atoms with Gasteiger partial charge < -0.3 is 20.0 Å². The molecule has 0 saturated carbocycles. The summed E-state index contributed by atoms with van der Waals surface area (Å²) in [7, 11) is 2.23. The number of rotatable bonds is 6. The molecule has 1 N–H and O–H groups in total. The van der Waals surface area contributed by atoms with Crippen LogP contribution in [0.2, 0.25) is 0 Å². The number of hydrogen-bond acceptors (Lipinski definition) is 3. The van der Waals surface area contributed by atoms with Gasteiger partial charge in [0.2, 0.25) is 0 Å². The molecular weight excluding hydrogens is 298 g/mol. The highest BCUT2D eigenvalue weighted by molar-refractivity contribution is 5.80. The monoisotopic (exact) mass is 337 g/mol. The predicted molar refractivity (Wildman–Crippen MR) is 104 cm³/mol. The number of aliphatic imine (C=N–C) groups is 1. The summed E-state index contributed by atoms with van der Waals surface area (Å²) in [5, 5.41) is 3.50. The standard InChI is InChI=1S/C19H39N5/c1-5-20-19(24-11-7-18(16-24)15-17(2)3)21-8-12-23-10-6-9-22(4)13-14-23/h17-18H,5-16H2,1-4H3,(H,20,21). The number of likely N-dealkylation sites (N-methyl/N-ethyl adjacent to an activating group) is 1. The van der Waals surface area contributed by atoms with Gasteiger partial charge in [0.15, 0.2) is 5.96 Å². The summed E-state index contributed by atoms with van der Waals surface area (Å²) in [5.41, 5.74) is 0. The van der Waals surface area contributed by atoms with Crippen LogP contribution in [0, 0.1) is 11.8 Å². The number of guanidine groups is 1. The SMILES string of the molecule is CCNC(=NCCN1CCCN(C)CC1)N1CCC(CC(C)C)C1. The third-order valence-corrected chi connectivity index (χ3v) is 5.21. The first-order valence-corrected chi connectivity index (χ1v) is 10.0. The Hall–Kier alpha value is -0.810. The van der Waals surface area contributed by atoms with Crippen molar-refractivity contribution < 1.29 is 0 Å². The second kappa shape index (κ2) is 10.2. The van der Waals surface area contributed by atoms with E-state index in [4.69, 9.17) is 4.99 Å². The lowest BCUT2D eigenvalue weighted by Gasteiger charge is -2.23. The molecule has 0 aromatic carbocycles. The van der Waals surface area contributed by atoms with Crippen LogP contribution < -0.4 is 5.32 Å². The Balaban J connectivity index is 1.80. The highest BCUT2D eigenvalue weighted by atomic mass is 15.3. The minimum atomic E-state index is 0.802. The van der Waals surface area contributed by atoms with Gasteiger partial charge in [-0.25, -0.2) is 0 Å². The molecule has 0 aromatic heterocycles. The highest BCUT2D eigenvalue weighted by Gasteiger charge is 2.25. The van der Waals surface area contributed by atoms with Gasteiger partial charge in [0.1, 0.15) is 0 Å². The van der Waals surface area contributed by atoms with E-state index >= 15 is 0 Å². The van der Waals surface area contributed by atoms with Crippen molar-refractivity contribution in [2.75, 3.05) is 66.0 Å². The fourth-order valence-electron chi connectivity index (χ4n) is 3.93. The Kier molecular flexibility index (Phi) is 8.33. The number of nitrogens with one attached hydrogen (secondary N) is 1. The van der Waals surface area contributed by atoms with Gasteiger partial charge in [-0.15, -0.1) is 0 Å². The second-order valence-corrected chi connectivity index (χ2v) is 7.96. The zero-order chi connectivity index (χ0) is 17.4. The van der Waals surface area contributed by atoms with Crippen molar-refractivity contribution in [3.05, 3.63) is 0 Å². The van der Waals surface area contributed by atoms with Crippen molar-refractivity contribution in [1.29, 1.82) is 0 Å². The van der Waals surface area contributed by atoms with Gasteiger partial charge in [0, 0.05) is 39.3 Å². The van der Waals surface area contributed by atoms with Gasteiger partial charge in [-0.2, -0.15) is 0 Å². The van der Waals surface area contributed by atoms with E-state index in [0.717, 1.165) is 44.0 Å². The molecule has 1 atom stereocenters. The lowest BCUT2D eigenvalue weighted by atomic mass is 9.97. The van der Waals surface area contributed by atoms with Crippen molar-refractivity contribution in [2.45, 2.75) is 40.0 Å². The molecule has 0 spiro atoms. The quantitative estimate of drug-likeness (QED) is 0.593. The van der Waals surface area contributed by atoms with Crippen molar-refractivity contribution >= 4 is 5.96 Å². The van der Waals surface area contributed by atoms with Crippen LogP contribution in [0.1, 0.15) is 40.0 Å². The van der Waals surface area contributed by atoms with Crippen LogP contribution in [-0.2, 0) is 0 Å². The number of hydrogen-bond donors (Lipinski definition) is 1. The number of nitrogens with zero attached hydrogens (tertiary/aromatic N) is 4. The number of likely N-dealkylation sites (tertiary alicyclic amines) is 1. The summed E-state index contributed by atoms with van der Waals surface area (Å²) >= 11 is 0. The molecule has 2 aliphatic rings. The third-order valence-electron chi connectivity index (χ3n) is 5.21. The van der Waals surface area contributed by atoms with Crippen LogP contribution in [0.5, 0.6) is 0 Å². The summed E-state index contributed by atoms with van der Waals surface area (Å²) in [6, 6.07) is 0. The van der Waals surface area contributed by atoms with E-state index in [0.29, 0.717) is 0 Å². The lowest BCUT2D eigenvalue weighted by molar-refractivity contribution is 0.282. The molecule has 2 aliphatic heterocycles. The summed E-state index contributed by atoms with van der Waals surface area (Å²) in [4.78, 5) is 12.4. The molecule has 0 radical (unpaired) electrons. The summed E-state index contributed by atoms with van der Waals surface area (Å²) in [6.45, 7) is 17.0. The lowest BCUT2D eigenvalue weighted by Crippen LogP contribution is -2.41. The summed E-state index contributed by atoms with van der Waals surface area (Å²) in [6.07, 6.45) is 3.95. The van der Waals surface area contributed by atoms with E-state index in [9.17, 15) is 0 Å². The van der Waals surface area contributed by atoms with E-state index < -0.39 is 0 Å². The minimum absolute atomic E-state index is 0.802. The second-order valence-electron chi connectivity index (χ2n) is 7.96. The summed E-state index contributed by atoms with van der Waals surface area (Å²) < 4.78 is 0. The minimum Gasteiger partial charge on any atom is -0.357 e. The van der Waals surface area contributed by atoms with Gasteiger partial charge in [-0.3, -0.25) is 4.99 Å². The van der Waals surface area contributed by atoms with Crippen LogP contribution in [0.3, 0.4) is 0 Å². The van der Waals surface area contributed by atoms with E-state index in [1.54, 1.807) is 0 Å². The molecule has 0 amide bonds. The van der Waals surface area contributed by atoms with Crippen molar-refractivity contribution in [2.24, 2.45) is 16.8 Å². The van der Waals surface area contributed by atoms with Crippen molar-refractivity contribution in [1.82, 2.24) is 20.0 Å². The van der Waals surface area contributed by atoms with Crippen LogP contribution in [-0.4, -0.2) is 86.6 Å². The Morgan fingerprint density at radius 2 is 2.00 bits per heavy atom. The highest BCUT2D eigenvalue weighted by Crippen LogP contribution is 2.23. The van der Waals surface area contributed by atoms with Gasteiger partial charge in [0.05, 0.1) is 6.54 Å². The molecule has 2 rings (SSSR count). The first-order chi connectivity index (χ1) is 11.6. The van der Waals surface area contributed by atoms with Crippen LogP contribution in [0.4, 0.5) is 0 Å². The largest absolute Gasteiger partial charge is 0.357 e. The first kappa shape index (κ1) is 19.5. The topological polar surface area (TPSA) is 34.1 Å². The maximum Gasteiger partial charge on any atom is 0.193 e. The van der Waals surface area contributed by atoms with E-state index in [-0.39, 0.29) is 0 Å². The maximum absolute atomic E-state index is 4.93. The molecular formula is C19H39N5. The van der Waals surface area contributed by atoms with Crippen molar-refractivity contribution in [3.8, 4) is 0 Å². The molecule has 2 heterocycles. The van der Waals surface area contributed by atoms with Gasteiger partial charge >= 0.3 is 0 Å². The van der Waals surface area contributed by atoms with Crippen LogP contribution >= 0.6 is 0 Å². The van der Waals surface area contributed by atoms with Crippen LogP contribution in [0.25, 0.3) is 0 Å². The zero-order valence-electron chi connectivity index (χ0n) is 16.4. The fourth-order valence-corrected chi connectivity index (χ4v) is 3.93. The molecule has 0 aromatic rings. The molecule has 5 nitrogen and oxygen atoms in total. The van der Waals surface area contributed by atoms with Crippen molar-refractivity contribution in [3.63, 3.8) is 0 Å². The van der Waals surface area contributed by atoms with E-state index in [2.05, 4.69) is 47.8 Å². The summed E-state index contributed by atoms with van der Waals surface area (Å²) in [5.74, 6) is 2.78. The third kappa shape index (κ3) is 6.60. The fraction of sp³-hybridized carbons (Fsp3) is 0.947. The van der Waals surface area contributed by atoms with Crippen LogP contribution in [0.15, 0.2) is 4.99 Å². The molecule has 5 heteroatoms. The molecule has 1 unspecified atom stereocenters. The Labute approximate surface area is 149 Å². The first-order valence-electron chi connectivity index (χ1n) is 10.0. The van der Waals surface area contributed by atoms with Gasteiger partial charge in [-0.05, 0) is 58.2 Å². The average molecular weight is 338 g/mol. The van der Waals surface area contributed by atoms with E-state index in [1.807, 2.05) is 0 Å². The van der Waals surface area contributed by atoms with E-state index in [1.165, 1.54) is 52.0 Å². The Morgan fingerprint density at radius 3 is 2.75 bits per heavy atom.